The quantitative estimate of drug-likeness (QED) is 0.683. The van der Waals surface area contributed by atoms with Crippen molar-refractivity contribution in [1.29, 1.82) is 0 Å². The number of hydrogen-bond donors (Lipinski definition) is 2. The monoisotopic (exact) mass is 206 g/mol. The molecular formula is C8H18N2O2S. The Balaban J connectivity index is 2.27. The van der Waals surface area contributed by atoms with E-state index in [9.17, 15) is 8.42 Å². The van der Waals surface area contributed by atoms with Crippen LogP contribution in [0.1, 0.15) is 26.2 Å². The highest BCUT2D eigenvalue weighted by Crippen LogP contribution is 2.23. The molecule has 1 rings (SSSR count). The molecule has 5 heteroatoms. The molecule has 0 aliphatic heterocycles. The molecule has 1 saturated carbocycles. The molecule has 13 heavy (non-hydrogen) atoms. The Hall–Kier alpha value is -0.130. The van der Waals surface area contributed by atoms with E-state index in [1.165, 1.54) is 0 Å². The number of rotatable bonds is 4. The molecule has 0 aromatic carbocycles. The number of hydrogen-bond acceptors (Lipinski definition) is 3. The summed E-state index contributed by atoms with van der Waals surface area (Å²) in [4.78, 5) is 0. The van der Waals surface area contributed by atoms with Crippen LogP contribution in [-0.2, 0) is 10.0 Å². The second-order valence-corrected chi connectivity index (χ2v) is 5.79. The zero-order valence-corrected chi connectivity index (χ0v) is 8.81. The van der Waals surface area contributed by atoms with E-state index >= 15 is 0 Å². The predicted octanol–water partition coefficient (Wildman–Crippen LogP) is 0.0531. The van der Waals surface area contributed by atoms with Gasteiger partial charge in [0.05, 0.1) is 5.75 Å². The molecule has 0 amide bonds. The van der Waals surface area contributed by atoms with Crippen molar-refractivity contribution in [2.75, 3.05) is 12.3 Å². The maximum atomic E-state index is 11.1. The van der Waals surface area contributed by atoms with Crippen LogP contribution >= 0.6 is 0 Å². The number of nitrogens with two attached hydrogens (primary N) is 1. The molecule has 0 aromatic rings. The molecule has 3 N–H and O–H groups in total. The first-order valence-electron chi connectivity index (χ1n) is 4.76. The van der Waals surface area contributed by atoms with Crippen molar-refractivity contribution in [3.8, 4) is 0 Å². The van der Waals surface area contributed by atoms with Gasteiger partial charge in [0.25, 0.3) is 0 Å². The first-order chi connectivity index (χ1) is 6.03. The van der Waals surface area contributed by atoms with E-state index in [1.54, 1.807) is 6.92 Å². The molecule has 0 heterocycles. The third-order valence-electron chi connectivity index (χ3n) is 2.55. The van der Waals surface area contributed by atoms with Crippen molar-refractivity contribution in [3.63, 3.8) is 0 Å². The minimum absolute atomic E-state index is 0.159. The van der Waals surface area contributed by atoms with Crippen LogP contribution in [0.4, 0.5) is 0 Å². The topological polar surface area (TPSA) is 72.2 Å². The van der Waals surface area contributed by atoms with E-state index < -0.39 is 10.0 Å². The molecule has 4 nitrogen and oxygen atoms in total. The van der Waals surface area contributed by atoms with Gasteiger partial charge in [0.2, 0.25) is 10.0 Å². The largest absolute Gasteiger partial charge is 0.328 e. The summed E-state index contributed by atoms with van der Waals surface area (Å²) in [6.45, 7) is 2.20. The smallest absolute Gasteiger partial charge is 0.211 e. The van der Waals surface area contributed by atoms with Gasteiger partial charge in [0.15, 0.2) is 0 Å². The minimum atomic E-state index is -3.02. The van der Waals surface area contributed by atoms with Crippen molar-refractivity contribution in [2.45, 2.75) is 32.2 Å². The Morgan fingerprint density at radius 1 is 1.46 bits per heavy atom. The maximum absolute atomic E-state index is 11.1. The van der Waals surface area contributed by atoms with E-state index in [0.717, 1.165) is 19.3 Å². The third-order valence-corrected chi connectivity index (χ3v) is 3.92. The van der Waals surface area contributed by atoms with Gasteiger partial charge in [-0.1, -0.05) is 0 Å². The van der Waals surface area contributed by atoms with Crippen molar-refractivity contribution in [1.82, 2.24) is 4.72 Å². The van der Waals surface area contributed by atoms with Crippen molar-refractivity contribution in [3.05, 3.63) is 0 Å². The highest BCUT2D eigenvalue weighted by Gasteiger charge is 2.22. The average Bonchev–Trinajstić information content (AvgIpc) is 2.48. The summed E-state index contributed by atoms with van der Waals surface area (Å²) in [5, 5.41) is 0. The fourth-order valence-electron chi connectivity index (χ4n) is 1.65. The van der Waals surface area contributed by atoms with Crippen molar-refractivity contribution in [2.24, 2.45) is 11.7 Å². The fourth-order valence-corrected chi connectivity index (χ4v) is 2.34. The van der Waals surface area contributed by atoms with Gasteiger partial charge >= 0.3 is 0 Å². The molecule has 1 aliphatic rings. The van der Waals surface area contributed by atoms with E-state index in [4.69, 9.17) is 5.73 Å². The average molecular weight is 206 g/mol. The van der Waals surface area contributed by atoms with E-state index in [0.29, 0.717) is 12.5 Å². The Morgan fingerprint density at radius 2 is 2.15 bits per heavy atom. The van der Waals surface area contributed by atoms with E-state index in [1.807, 2.05) is 0 Å². The molecule has 78 valence electrons. The summed E-state index contributed by atoms with van der Waals surface area (Å²) in [6.07, 6.45) is 3.03. The zero-order chi connectivity index (χ0) is 9.90. The Labute approximate surface area is 79.9 Å². The SMILES string of the molecule is CCS(=O)(=O)NCC1CCC(N)C1. The van der Waals surface area contributed by atoms with E-state index in [-0.39, 0.29) is 11.8 Å². The third kappa shape index (κ3) is 3.62. The van der Waals surface area contributed by atoms with Gasteiger partial charge in [-0.05, 0) is 32.1 Å². The van der Waals surface area contributed by atoms with Crippen LogP contribution in [0.15, 0.2) is 0 Å². The first-order valence-corrected chi connectivity index (χ1v) is 6.41. The van der Waals surface area contributed by atoms with Gasteiger partial charge < -0.3 is 5.73 Å². The summed E-state index contributed by atoms with van der Waals surface area (Å²) in [7, 11) is -3.02. The fraction of sp³-hybridized carbons (Fsp3) is 1.00. The van der Waals surface area contributed by atoms with Gasteiger partial charge in [-0.15, -0.1) is 0 Å². The lowest BCUT2D eigenvalue weighted by molar-refractivity contribution is 0.513. The van der Waals surface area contributed by atoms with E-state index in [2.05, 4.69) is 4.72 Å². The summed E-state index contributed by atoms with van der Waals surface area (Å²) in [6, 6.07) is 0.274. The van der Waals surface area contributed by atoms with Crippen molar-refractivity contribution < 1.29 is 8.42 Å². The molecule has 0 bridgehead atoms. The minimum Gasteiger partial charge on any atom is -0.328 e. The Bertz CT molecular complexity index is 251. The van der Waals surface area contributed by atoms with Gasteiger partial charge in [-0.2, -0.15) is 0 Å². The van der Waals surface area contributed by atoms with Crippen LogP contribution in [0.3, 0.4) is 0 Å². The molecule has 0 saturated heterocycles. The van der Waals surface area contributed by atoms with Crippen LogP contribution < -0.4 is 10.5 Å². The summed E-state index contributed by atoms with van der Waals surface area (Å²) in [5.74, 6) is 0.600. The van der Waals surface area contributed by atoms with Gasteiger partial charge in [0, 0.05) is 12.6 Å². The lowest BCUT2D eigenvalue weighted by Gasteiger charge is -2.10. The van der Waals surface area contributed by atoms with Crippen LogP contribution in [0, 0.1) is 5.92 Å². The molecule has 0 aromatic heterocycles. The van der Waals surface area contributed by atoms with Crippen LogP contribution in [0.5, 0.6) is 0 Å². The number of nitrogens with one attached hydrogen (secondary N) is 1. The summed E-state index contributed by atoms with van der Waals surface area (Å²) in [5.41, 5.74) is 5.72. The maximum Gasteiger partial charge on any atom is 0.211 e. The van der Waals surface area contributed by atoms with Crippen LogP contribution in [-0.4, -0.2) is 26.8 Å². The molecular weight excluding hydrogens is 188 g/mol. The summed E-state index contributed by atoms with van der Waals surface area (Å²) < 4.78 is 24.8. The summed E-state index contributed by atoms with van der Waals surface area (Å²) >= 11 is 0. The second kappa shape index (κ2) is 4.39. The number of sulfonamides is 1. The molecule has 2 atom stereocenters. The molecule has 0 spiro atoms. The zero-order valence-electron chi connectivity index (χ0n) is 7.99. The highest BCUT2D eigenvalue weighted by atomic mass is 32.2. The predicted molar refractivity (Wildman–Crippen MR) is 52.8 cm³/mol. The lowest BCUT2D eigenvalue weighted by Crippen LogP contribution is -2.30. The normalized spacial score (nSPS) is 29.4. The molecule has 1 fully saturated rings. The first kappa shape index (κ1) is 10.9. The Kier molecular flexibility index (Phi) is 3.70. The van der Waals surface area contributed by atoms with Gasteiger partial charge in [0.1, 0.15) is 0 Å². The lowest BCUT2D eigenvalue weighted by atomic mass is 10.1. The molecule has 2 unspecified atom stereocenters. The van der Waals surface area contributed by atoms with Crippen molar-refractivity contribution >= 4 is 10.0 Å². The highest BCUT2D eigenvalue weighted by molar-refractivity contribution is 7.89. The van der Waals surface area contributed by atoms with Crippen LogP contribution in [0.2, 0.25) is 0 Å². The van der Waals surface area contributed by atoms with Crippen LogP contribution in [0.25, 0.3) is 0 Å². The standard InChI is InChI=1S/C8H18N2O2S/c1-2-13(11,12)10-6-7-3-4-8(9)5-7/h7-8,10H,2-6,9H2,1H3. The second-order valence-electron chi connectivity index (χ2n) is 3.69. The van der Waals surface area contributed by atoms with Gasteiger partial charge in [-0.25, -0.2) is 13.1 Å². The molecule has 1 aliphatic carbocycles. The Morgan fingerprint density at radius 3 is 2.62 bits per heavy atom. The van der Waals surface area contributed by atoms with Gasteiger partial charge in [-0.3, -0.25) is 0 Å². The molecule has 0 radical (unpaired) electrons.